The highest BCUT2D eigenvalue weighted by molar-refractivity contribution is 7.98. The minimum atomic E-state index is 0.757. The van der Waals surface area contributed by atoms with Crippen molar-refractivity contribution in [1.82, 2.24) is 0 Å². The lowest BCUT2D eigenvalue weighted by atomic mass is 10.2. The summed E-state index contributed by atoms with van der Waals surface area (Å²) >= 11 is 1.67. The molecule has 0 unspecified atom stereocenters. The Hall–Kier alpha value is -1.61. The molecule has 3 heteroatoms. The molecule has 0 aliphatic carbocycles. The van der Waals surface area contributed by atoms with Gasteiger partial charge in [-0.3, -0.25) is 0 Å². The van der Waals surface area contributed by atoms with Crippen LogP contribution in [0.4, 0.5) is 5.69 Å². The topological polar surface area (TPSA) is 35.2 Å². The van der Waals surface area contributed by atoms with Gasteiger partial charge in [0.15, 0.2) is 0 Å². The number of ether oxygens (including phenoxy) is 1. The number of para-hydroxylation sites is 1. The average molecular weight is 245 g/mol. The molecule has 0 aromatic heterocycles. The third-order valence-corrected chi connectivity index (χ3v) is 3.27. The zero-order valence-electron chi connectivity index (χ0n) is 9.94. The Morgan fingerprint density at radius 1 is 1.06 bits per heavy atom. The van der Waals surface area contributed by atoms with E-state index in [-0.39, 0.29) is 0 Å². The fourth-order valence-electron chi connectivity index (χ4n) is 1.61. The third kappa shape index (κ3) is 2.74. The molecule has 0 aliphatic rings. The van der Waals surface area contributed by atoms with Gasteiger partial charge in [-0.1, -0.05) is 12.1 Å². The monoisotopic (exact) mass is 245 g/mol. The molecule has 2 aromatic rings. The van der Waals surface area contributed by atoms with Crippen LogP contribution < -0.4 is 10.5 Å². The largest absolute Gasteiger partial charge is 0.456 e. The van der Waals surface area contributed by atoms with E-state index in [1.54, 1.807) is 11.8 Å². The molecule has 2 rings (SSSR count). The number of nitrogen functional groups attached to an aromatic ring is 1. The van der Waals surface area contributed by atoms with Gasteiger partial charge in [-0.2, -0.15) is 0 Å². The van der Waals surface area contributed by atoms with Gasteiger partial charge in [0.25, 0.3) is 0 Å². The maximum Gasteiger partial charge on any atom is 0.140 e. The Kier molecular flexibility index (Phi) is 3.59. The smallest absolute Gasteiger partial charge is 0.140 e. The molecule has 2 nitrogen and oxygen atoms in total. The Balaban J connectivity index is 2.31. The molecule has 88 valence electrons. The predicted octanol–water partition coefficient (Wildman–Crippen LogP) is 4.09. The molecule has 0 saturated carbocycles. The van der Waals surface area contributed by atoms with E-state index in [4.69, 9.17) is 10.5 Å². The van der Waals surface area contributed by atoms with Crippen LogP contribution in [-0.2, 0) is 0 Å². The fraction of sp³-hybridized carbons (Fsp3) is 0.143. The minimum Gasteiger partial charge on any atom is -0.456 e. The first-order chi connectivity index (χ1) is 8.20. The molecule has 0 heterocycles. The number of benzene rings is 2. The molecule has 0 saturated heterocycles. The Labute approximate surface area is 106 Å². The van der Waals surface area contributed by atoms with Crippen molar-refractivity contribution in [1.29, 1.82) is 0 Å². The van der Waals surface area contributed by atoms with E-state index in [0.29, 0.717) is 0 Å². The molecule has 2 N–H and O–H groups in total. The van der Waals surface area contributed by atoms with Crippen LogP contribution >= 0.6 is 11.8 Å². The molecule has 0 aliphatic heterocycles. The highest BCUT2D eigenvalue weighted by Gasteiger charge is 2.05. The van der Waals surface area contributed by atoms with E-state index in [1.165, 1.54) is 0 Å². The van der Waals surface area contributed by atoms with Gasteiger partial charge in [0.05, 0.1) is 0 Å². The summed E-state index contributed by atoms with van der Waals surface area (Å²) < 4.78 is 5.91. The highest BCUT2D eigenvalue weighted by atomic mass is 32.2. The van der Waals surface area contributed by atoms with Gasteiger partial charge in [-0.05, 0) is 49.1 Å². The van der Waals surface area contributed by atoms with Crippen LogP contribution in [0.1, 0.15) is 5.56 Å². The van der Waals surface area contributed by atoms with Crippen LogP contribution in [0.25, 0.3) is 0 Å². The summed E-state index contributed by atoms with van der Waals surface area (Å²) in [6.07, 6.45) is 2.04. The van der Waals surface area contributed by atoms with Crippen LogP contribution in [0.5, 0.6) is 11.5 Å². The summed E-state index contributed by atoms with van der Waals surface area (Å²) in [5.74, 6) is 1.73. The first kappa shape index (κ1) is 11.9. The average Bonchev–Trinajstić information content (AvgIpc) is 2.33. The van der Waals surface area contributed by atoms with Gasteiger partial charge in [0.2, 0.25) is 0 Å². The fourth-order valence-corrected chi connectivity index (χ4v) is 2.13. The van der Waals surface area contributed by atoms with Crippen molar-refractivity contribution in [3.05, 3.63) is 48.0 Å². The van der Waals surface area contributed by atoms with Gasteiger partial charge >= 0.3 is 0 Å². The van der Waals surface area contributed by atoms with Crippen LogP contribution in [-0.4, -0.2) is 6.26 Å². The molecule has 0 spiro atoms. The van der Waals surface area contributed by atoms with Crippen molar-refractivity contribution in [2.24, 2.45) is 0 Å². The minimum absolute atomic E-state index is 0.757. The van der Waals surface area contributed by atoms with E-state index < -0.39 is 0 Å². The zero-order chi connectivity index (χ0) is 12.3. The number of anilines is 1. The van der Waals surface area contributed by atoms with Gasteiger partial charge in [0.1, 0.15) is 11.5 Å². The van der Waals surface area contributed by atoms with Crippen LogP contribution in [0.2, 0.25) is 0 Å². The Morgan fingerprint density at radius 3 is 2.53 bits per heavy atom. The quantitative estimate of drug-likeness (QED) is 0.653. The number of rotatable bonds is 3. The van der Waals surface area contributed by atoms with Crippen LogP contribution in [0, 0.1) is 6.92 Å². The summed E-state index contributed by atoms with van der Waals surface area (Å²) in [7, 11) is 0. The van der Waals surface area contributed by atoms with Crippen molar-refractivity contribution in [3.8, 4) is 11.5 Å². The second-order valence-electron chi connectivity index (χ2n) is 3.78. The first-order valence-corrected chi connectivity index (χ1v) is 6.60. The van der Waals surface area contributed by atoms with E-state index in [0.717, 1.165) is 27.6 Å². The molecule has 0 fully saturated rings. The molecule has 0 radical (unpaired) electrons. The standard InChI is InChI=1S/C14H15NOS/c1-10-9-11(15)7-8-12(10)16-13-5-3-4-6-14(13)17-2/h3-9H,15H2,1-2H3. The summed E-state index contributed by atoms with van der Waals surface area (Å²) in [6.45, 7) is 1.99. The van der Waals surface area contributed by atoms with Gasteiger partial charge in [-0.15, -0.1) is 11.8 Å². The maximum atomic E-state index is 5.91. The molecule has 0 atom stereocenters. The molecule has 0 bridgehead atoms. The predicted molar refractivity (Wildman–Crippen MR) is 73.9 cm³/mol. The van der Waals surface area contributed by atoms with E-state index in [2.05, 4.69) is 0 Å². The summed E-state index contributed by atoms with van der Waals surface area (Å²) in [5.41, 5.74) is 7.52. The number of nitrogens with two attached hydrogens (primary N) is 1. The van der Waals surface area contributed by atoms with Crippen molar-refractivity contribution in [2.75, 3.05) is 12.0 Å². The summed E-state index contributed by atoms with van der Waals surface area (Å²) in [5, 5.41) is 0. The maximum absolute atomic E-state index is 5.91. The third-order valence-electron chi connectivity index (χ3n) is 2.49. The molecule has 17 heavy (non-hydrogen) atoms. The molecular weight excluding hydrogens is 230 g/mol. The van der Waals surface area contributed by atoms with Gasteiger partial charge < -0.3 is 10.5 Å². The number of hydrogen-bond donors (Lipinski definition) is 1. The van der Waals surface area contributed by atoms with Crippen LogP contribution in [0.15, 0.2) is 47.4 Å². The van der Waals surface area contributed by atoms with Crippen molar-refractivity contribution in [3.63, 3.8) is 0 Å². The van der Waals surface area contributed by atoms with E-state index in [9.17, 15) is 0 Å². The number of aryl methyl sites for hydroxylation is 1. The molecule has 2 aromatic carbocycles. The lowest BCUT2D eigenvalue weighted by molar-refractivity contribution is 0.467. The van der Waals surface area contributed by atoms with E-state index >= 15 is 0 Å². The van der Waals surface area contributed by atoms with Crippen molar-refractivity contribution >= 4 is 17.4 Å². The van der Waals surface area contributed by atoms with Crippen molar-refractivity contribution in [2.45, 2.75) is 11.8 Å². The zero-order valence-corrected chi connectivity index (χ0v) is 10.8. The SMILES string of the molecule is CSc1ccccc1Oc1ccc(N)cc1C. The summed E-state index contributed by atoms with van der Waals surface area (Å²) in [4.78, 5) is 1.13. The Morgan fingerprint density at radius 2 is 1.82 bits per heavy atom. The number of thioether (sulfide) groups is 1. The van der Waals surface area contributed by atoms with Crippen molar-refractivity contribution < 1.29 is 4.74 Å². The number of hydrogen-bond acceptors (Lipinski definition) is 3. The second kappa shape index (κ2) is 5.15. The second-order valence-corrected chi connectivity index (χ2v) is 4.63. The lowest BCUT2D eigenvalue weighted by Crippen LogP contribution is -1.91. The van der Waals surface area contributed by atoms with Gasteiger partial charge in [0, 0.05) is 10.6 Å². The lowest BCUT2D eigenvalue weighted by Gasteiger charge is -2.11. The molecular formula is C14H15NOS. The molecule has 0 amide bonds. The Bertz CT molecular complexity index is 525. The normalized spacial score (nSPS) is 10.2. The van der Waals surface area contributed by atoms with Gasteiger partial charge in [-0.25, -0.2) is 0 Å². The highest BCUT2D eigenvalue weighted by Crippen LogP contribution is 2.33. The van der Waals surface area contributed by atoms with Crippen LogP contribution in [0.3, 0.4) is 0 Å². The summed E-state index contributed by atoms with van der Waals surface area (Å²) in [6, 6.07) is 13.7. The first-order valence-electron chi connectivity index (χ1n) is 5.37. The van der Waals surface area contributed by atoms with E-state index in [1.807, 2.05) is 55.6 Å².